The zero-order valence-corrected chi connectivity index (χ0v) is 13.7. The van der Waals surface area contributed by atoms with E-state index in [2.05, 4.69) is 26.1 Å². The zero-order chi connectivity index (χ0) is 16.9. The van der Waals surface area contributed by atoms with E-state index in [1.54, 1.807) is 12.1 Å². The molecule has 0 fully saturated rings. The number of hydrogen-bond donors (Lipinski definition) is 3. The molecule has 0 atom stereocenters. The fourth-order valence-corrected chi connectivity index (χ4v) is 2.28. The summed E-state index contributed by atoms with van der Waals surface area (Å²) < 4.78 is 0. The second kappa shape index (κ2) is 7.01. The van der Waals surface area contributed by atoms with Gasteiger partial charge in [-0.25, -0.2) is 9.97 Å². The van der Waals surface area contributed by atoms with Crippen LogP contribution in [-0.4, -0.2) is 21.0 Å². The van der Waals surface area contributed by atoms with Crippen molar-refractivity contribution in [3.05, 3.63) is 66.0 Å². The van der Waals surface area contributed by atoms with E-state index < -0.39 is 0 Å². The van der Waals surface area contributed by atoms with E-state index in [9.17, 15) is 4.79 Å². The molecule has 3 aromatic rings. The van der Waals surface area contributed by atoms with Gasteiger partial charge in [-0.15, -0.1) is 0 Å². The highest BCUT2D eigenvalue weighted by Crippen LogP contribution is 2.17. The number of anilines is 1. The Balaban J connectivity index is 1.63. The maximum atomic E-state index is 12.1. The summed E-state index contributed by atoms with van der Waals surface area (Å²) in [6, 6.07) is 14.8. The second-order valence-electron chi connectivity index (χ2n) is 5.14. The van der Waals surface area contributed by atoms with Crippen LogP contribution in [0.5, 0.6) is 0 Å². The standard InChI is InChI=1S/C17H15N5OS/c1-11-6-8-12(9-7-11)16(23)20-17(24)22-21-15-13-4-2-3-5-14(13)18-10-19-15/h2-10H,1H3,(H,18,19,21)(H2,20,22,23,24). The minimum Gasteiger partial charge on any atom is -0.298 e. The third-order valence-corrected chi connectivity index (χ3v) is 3.58. The van der Waals surface area contributed by atoms with Crippen molar-refractivity contribution in [1.29, 1.82) is 0 Å². The predicted molar refractivity (Wildman–Crippen MR) is 97.5 cm³/mol. The molecule has 0 bridgehead atoms. The largest absolute Gasteiger partial charge is 0.298 e. The summed E-state index contributed by atoms with van der Waals surface area (Å²) in [6.07, 6.45) is 1.46. The summed E-state index contributed by atoms with van der Waals surface area (Å²) in [5, 5.41) is 3.61. The molecular weight excluding hydrogens is 322 g/mol. The number of para-hydroxylation sites is 1. The van der Waals surface area contributed by atoms with Crippen LogP contribution in [0.3, 0.4) is 0 Å². The fourth-order valence-electron chi connectivity index (χ4n) is 2.13. The van der Waals surface area contributed by atoms with E-state index in [1.165, 1.54) is 6.33 Å². The van der Waals surface area contributed by atoms with Crippen LogP contribution in [0.1, 0.15) is 15.9 Å². The number of nitrogens with zero attached hydrogens (tertiary/aromatic N) is 2. The van der Waals surface area contributed by atoms with E-state index in [-0.39, 0.29) is 11.0 Å². The van der Waals surface area contributed by atoms with Crippen LogP contribution in [0.15, 0.2) is 54.9 Å². The molecule has 0 unspecified atom stereocenters. The molecule has 1 amide bonds. The van der Waals surface area contributed by atoms with Crippen molar-refractivity contribution in [3.63, 3.8) is 0 Å². The molecule has 24 heavy (non-hydrogen) atoms. The van der Waals surface area contributed by atoms with Crippen molar-refractivity contribution < 1.29 is 4.79 Å². The molecule has 120 valence electrons. The van der Waals surface area contributed by atoms with Gasteiger partial charge in [-0.05, 0) is 43.4 Å². The molecule has 7 heteroatoms. The number of thiocarbonyl (C=S) groups is 1. The van der Waals surface area contributed by atoms with Gasteiger partial charge in [0.2, 0.25) is 0 Å². The molecule has 0 aliphatic heterocycles. The normalized spacial score (nSPS) is 10.2. The minimum atomic E-state index is -0.276. The Morgan fingerprint density at radius 1 is 1.04 bits per heavy atom. The molecule has 0 aliphatic carbocycles. The number of hydrazine groups is 1. The van der Waals surface area contributed by atoms with E-state index in [0.29, 0.717) is 11.4 Å². The Hall–Kier alpha value is -3.06. The molecule has 3 N–H and O–H groups in total. The van der Waals surface area contributed by atoms with Crippen molar-refractivity contribution >= 4 is 40.0 Å². The first kappa shape index (κ1) is 15.8. The van der Waals surface area contributed by atoms with Crippen LogP contribution in [0, 0.1) is 6.92 Å². The first-order valence-corrected chi connectivity index (χ1v) is 7.68. The van der Waals surface area contributed by atoms with Crippen molar-refractivity contribution in [3.8, 4) is 0 Å². The monoisotopic (exact) mass is 337 g/mol. The average Bonchev–Trinajstić information content (AvgIpc) is 2.60. The summed E-state index contributed by atoms with van der Waals surface area (Å²) in [4.78, 5) is 20.4. The summed E-state index contributed by atoms with van der Waals surface area (Å²) >= 11 is 5.13. The molecule has 0 saturated carbocycles. The molecule has 1 aromatic heterocycles. The van der Waals surface area contributed by atoms with Crippen LogP contribution < -0.4 is 16.2 Å². The lowest BCUT2D eigenvalue weighted by molar-refractivity contribution is 0.0977. The quantitative estimate of drug-likeness (QED) is 0.504. The van der Waals surface area contributed by atoms with E-state index in [4.69, 9.17) is 12.2 Å². The number of benzene rings is 2. The van der Waals surface area contributed by atoms with Gasteiger partial charge in [-0.2, -0.15) is 0 Å². The molecule has 3 rings (SSSR count). The fraction of sp³-hybridized carbons (Fsp3) is 0.0588. The lowest BCUT2D eigenvalue weighted by Crippen LogP contribution is -2.42. The third kappa shape index (κ3) is 3.64. The molecule has 0 saturated heterocycles. The lowest BCUT2D eigenvalue weighted by Gasteiger charge is -2.12. The van der Waals surface area contributed by atoms with Crippen molar-refractivity contribution in [2.45, 2.75) is 6.92 Å². The highest BCUT2D eigenvalue weighted by Gasteiger charge is 2.08. The second-order valence-corrected chi connectivity index (χ2v) is 5.55. The molecule has 0 radical (unpaired) electrons. The topological polar surface area (TPSA) is 78.9 Å². The number of aromatic nitrogens is 2. The SMILES string of the molecule is Cc1ccc(C(=O)NC(=S)NNc2ncnc3ccccc23)cc1. The Bertz CT molecular complexity index is 890. The van der Waals surface area contributed by atoms with Crippen LogP contribution in [0.25, 0.3) is 10.9 Å². The highest BCUT2D eigenvalue weighted by atomic mass is 32.1. The predicted octanol–water partition coefficient (Wildman–Crippen LogP) is 2.57. The summed E-state index contributed by atoms with van der Waals surface area (Å²) in [7, 11) is 0. The van der Waals surface area contributed by atoms with Gasteiger partial charge in [-0.3, -0.25) is 21.0 Å². The van der Waals surface area contributed by atoms with Gasteiger partial charge in [-0.1, -0.05) is 29.8 Å². The summed E-state index contributed by atoms with van der Waals surface area (Å²) in [6.45, 7) is 1.96. The van der Waals surface area contributed by atoms with Crippen LogP contribution in [0.4, 0.5) is 5.82 Å². The van der Waals surface area contributed by atoms with Gasteiger partial charge in [0.25, 0.3) is 5.91 Å². The Kier molecular flexibility index (Phi) is 4.62. The van der Waals surface area contributed by atoms with Gasteiger partial charge in [0, 0.05) is 10.9 Å². The first-order valence-electron chi connectivity index (χ1n) is 7.27. The number of amides is 1. The summed E-state index contributed by atoms with van der Waals surface area (Å²) in [5.41, 5.74) is 8.10. The summed E-state index contributed by atoms with van der Waals surface area (Å²) in [5.74, 6) is 0.300. The Morgan fingerprint density at radius 3 is 2.58 bits per heavy atom. The molecule has 6 nitrogen and oxygen atoms in total. The van der Waals surface area contributed by atoms with Gasteiger partial charge in [0.05, 0.1) is 5.52 Å². The van der Waals surface area contributed by atoms with Gasteiger partial charge in [0.1, 0.15) is 6.33 Å². The molecular formula is C17H15N5OS. The van der Waals surface area contributed by atoms with Crippen LogP contribution >= 0.6 is 12.2 Å². The maximum Gasteiger partial charge on any atom is 0.257 e. The Labute approximate surface area is 144 Å². The van der Waals surface area contributed by atoms with Gasteiger partial charge >= 0.3 is 0 Å². The van der Waals surface area contributed by atoms with Crippen LogP contribution in [0.2, 0.25) is 0 Å². The van der Waals surface area contributed by atoms with Crippen LogP contribution in [-0.2, 0) is 0 Å². The van der Waals surface area contributed by atoms with E-state index >= 15 is 0 Å². The number of nitrogens with one attached hydrogen (secondary N) is 3. The number of carbonyl (C=O) groups is 1. The number of carbonyl (C=O) groups excluding carboxylic acids is 1. The van der Waals surface area contributed by atoms with E-state index in [1.807, 2.05) is 43.3 Å². The van der Waals surface area contributed by atoms with Crippen molar-refractivity contribution in [2.75, 3.05) is 5.43 Å². The smallest absolute Gasteiger partial charge is 0.257 e. The minimum absolute atomic E-state index is 0.156. The average molecular weight is 337 g/mol. The number of aryl methyl sites for hydroxylation is 1. The first-order chi connectivity index (χ1) is 11.6. The highest BCUT2D eigenvalue weighted by molar-refractivity contribution is 7.80. The Morgan fingerprint density at radius 2 is 1.79 bits per heavy atom. The van der Waals surface area contributed by atoms with Crippen molar-refractivity contribution in [2.24, 2.45) is 0 Å². The maximum absolute atomic E-state index is 12.1. The number of fused-ring (bicyclic) bond motifs is 1. The third-order valence-electron chi connectivity index (χ3n) is 3.38. The van der Waals surface area contributed by atoms with Gasteiger partial charge in [0.15, 0.2) is 10.9 Å². The number of rotatable bonds is 3. The molecule has 2 aromatic carbocycles. The molecule has 1 heterocycles. The van der Waals surface area contributed by atoms with E-state index in [0.717, 1.165) is 16.5 Å². The zero-order valence-electron chi connectivity index (χ0n) is 12.9. The van der Waals surface area contributed by atoms with Gasteiger partial charge < -0.3 is 0 Å². The lowest BCUT2D eigenvalue weighted by atomic mass is 10.1. The number of hydrogen-bond acceptors (Lipinski definition) is 5. The molecule has 0 spiro atoms. The van der Waals surface area contributed by atoms with Crippen molar-refractivity contribution in [1.82, 2.24) is 20.7 Å². The molecule has 0 aliphatic rings.